The van der Waals surface area contributed by atoms with Crippen molar-refractivity contribution in [1.82, 2.24) is 0 Å². The monoisotopic (exact) mass is 400 g/mol. The fourth-order valence-electron chi connectivity index (χ4n) is 0.799. The second kappa shape index (κ2) is 17.7. The lowest BCUT2D eigenvalue weighted by Crippen LogP contribution is -2.33. The number of aliphatic carboxylic acids is 3. The SMILES string of the molecule is NC(N)=NCCC[C@H](N)C(=O)O.N[C@@H](CO)C(=O)O.N[C@@H](CS)C(=O)O. The maximum Gasteiger partial charge on any atom is 0.322 e. The van der Waals surface area contributed by atoms with Crippen LogP contribution in [0.3, 0.4) is 0 Å². The number of aliphatic hydroxyl groups excluding tert-OH is 1. The Bertz CT molecular complexity index is 428. The Morgan fingerprint density at radius 2 is 1.31 bits per heavy atom. The second-order valence-corrected chi connectivity index (χ2v) is 5.01. The average Bonchev–Trinajstić information content (AvgIpc) is 2.57. The zero-order chi connectivity index (χ0) is 21.3. The van der Waals surface area contributed by atoms with E-state index in [0.717, 1.165) is 0 Å². The maximum absolute atomic E-state index is 10.2. The maximum atomic E-state index is 10.2. The van der Waals surface area contributed by atoms with Crippen molar-refractivity contribution in [3.8, 4) is 0 Å². The summed E-state index contributed by atoms with van der Waals surface area (Å²) in [6, 6.07) is -2.76. The quantitative estimate of drug-likeness (QED) is 0.0771. The van der Waals surface area contributed by atoms with Gasteiger partial charge in [-0.05, 0) is 12.8 Å². The van der Waals surface area contributed by atoms with Gasteiger partial charge in [0, 0.05) is 12.3 Å². The highest BCUT2D eigenvalue weighted by molar-refractivity contribution is 7.80. The molecule has 0 aliphatic rings. The normalized spacial score (nSPS) is 12.8. The Morgan fingerprint density at radius 1 is 0.885 bits per heavy atom. The van der Waals surface area contributed by atoms with Crippen LogP contribution in [0.5, 0.6) is 0 Å². The molecule has 26 heavy (non-hydrogen) atoms. The lowest BCUT2D eigenvalue weighted by atomic mass is 10.2. The first-order valence-electron chi connectivity index (χ1n) is 7.12. The largest absolute Gasteiger partial charge is 0.480 e. The number of nitrogens with zero attached hydrogens (tertiary/aromatic N) is 1. The first-order valence-corrected chi connectivity index (χ1v) is 7.76. The Balaban J connectivity index is -0.000000326. The Hall–Kier alpha value is -2.13. The minimum Gasteiger partial charge on any atom is -0.480 e. The van der Waals surface area contributed by atoms with E-state index >= 15 is 0 Å². The van der Waals surface area contributed by atoms with Crippen molar-refractivity contribution in [1.29, 1.82) is 0 Å². The molecule has 0 spiro atoms. The van der Waals surface area contributed by atoms with Gasteiger partial charge in [-0.2, -0.15) is 12.6 Å². The van der Waals surface area contributed by atoms with Crippen molar-refractivity contribution in [3.63, 3.8) is 0 Å². The summed E-state index contributed by atoms with van der Waals surface area (Å²) >= 11 is 3.65. The van der Waals surface area contributed by atoms with Crippen molar-refractivity contribution in [2.45, 2.75) is 31.0 Å². The van der Waals surface area contributed by atoms with Crippen molar-refractivity contribution in [2.24, 2.45) is 33.7 Å². The summed E-state index contributed by atoms with van der Waals surface area (Å²) in [6.45, 7) is -0.0847. The first-order chi connectivity index (χ1) is 11.9. The van der Waals surface area contributed by atoms with E-state index in [1.165, 1.54) is 0 Å². The number of thiol groups is 1. The van der Waals surface area contributed by atoms with Gasteiger partial charge in [0.25, 0.3) is 0 Å². The smallest absolute Gasteiger partial charge is 0.322 e. The molecule has 0 aliphatic carbocycles. The van der Waals surface area contributed by atoms with Gasteiger partial charge in [-0.3, -0.25) is 19.4 Å². The minimum atomic E-state index is -1.18. The van der Waals surface area contributed by atoms with Gasteiger partial charge in [-0.1, -0.05) is 0 Å². The van der Waals surface area contributed by atoms with E-state index in [0.29, 0.717) is 19.4 Å². The molecule has 0 rings (SSSR count). The van der Waals surface area contributed by atoms with Gasteiger partial charge in [-0.15, -0.1) is 0 Å². The summed E-state index contributed by atoms with van der Waals surface area (Å²) in [6.07, 6.45) is 0.956. The fourth-order valence-corrected chi connectivity index (χ4v) is 0.955. The first kappa shape index (κ1) is 28.7. The molecular formula is C12H28N6O7S. The molecule has 14 heteroatoms. The Morgan fingerprint density at radius 3 is 1.50 bits per heavy atom. The second-order valence-electron chi connectivity index (χ2n) is 4.65. The van der Waals surface area contributed by atoms with Crippen molar-refractivity contribution < 1.29 is 34.8 Å². The van der Waals surface area contributed by atoms with Gasteiger partial charge in [0.15, 0.2) is 5.96 Å². The van der Waals surface area contributed by atoms with Crippen molar-refractivity contribution in [3.05, 3.63) is 0 Å². The molecule has 0 saturated heterocycles. The summed E-state index contributed by atoms with van der Waals surface area (Å²) in [5.74, 6) is -2.98. The highest BCUT2D eigenvalue weighted by atomic mass is 32.1. The summed E-state index contributed by atoms with van der Waals surface area (Å²) in [5, 5.41) is 32.3. The summed E-state index contributed by atoms with van der Waals surface area (Å²) in [5.41, 5.74) is 25.0. The molecule has 154 valence electrons. The number of aliphatic imine (C=N–C) groups is 1. The van der Waals surface area contributed by atoms with E-state index in [9.17, 15) is 14.4 Å². The number of carbonyl (C=O) groups is 3. The van der Waals surface area contributed by atoms with Gasteiger partial charge in [-0.25, -0.2) is 0 Å². The molecule has 0 saturated carbocycles. The van der Waals surface area contributed by atoms with Crippen LogP contribution in [-0.4, -0.2) is 81.3 Å². The predicted octanol–water partition coefficient (Wildman–Crippen LogP) is -3.83. The standard InChI is InChI=1S/C6H14N4O2.C3H7NO3.C3H7NO2S/c7-4(5(11)12)2-1-3-10-6(8)9;4-2(1-5)3(6)7;4-2(1-7)3(5)6/h4H,1-3,7H2,(H,11,12)(H4,8,9,10);2,5H,1,4H2,(H,6,7);2,7H,1,4H2,(H,5,6)/t4-;2*2-/m000/s1. The van der Waals surface area contributed by atoms with Crippen LogP contribution < -0.4 is 28.7 Å². The molecule has 14 N–H and O–H groups in total. The van der Waals surface area contributed by atoms with Gasteiger partial charge >= 0.3 is 17.9 Å². The zero-order valence-corrected chi connectivity index (χ0v) is 15.0. The highest BCUT2D eigenvalue weighted by Gasteiger charge is 2.09. The van der Waals surface area contributed by atoms with Crippen LogP contribution >= 0.6 is 12.6 Å². The molecule has 0 aromatic rings. The van der Waals surface area contributed by atoms with Gasteiger partial charge in [0.1, 0.15) is 18.1 Å². The molecule has 0 heterocycles. The van der Waals surface area contributed by atoms with Gasteiger partial charge < -0.3 is 49.1 Å². The predicted molar refractivity (Wildman–Crippen MR) is 97.7 cm³/mol. The van der Waals surface area contributed by atoms with Crippen LogP contribution in [0.4, 0.5) is 0 Å². The number of hydrogen-bond acceptors (Lipinski definition) is 9. The number of guanidine groups is 1. The molecular weight excluding hydrogens is 372 g/mol. The van der Waals surface area contributed by atoms with Crippen molar-refractivity contribution in [2.75, 3.05) is 18.9 Å². The van der Waals surface area contributed by atoms with Gasteiger partial charge in [0.05, 0.1) is 6.61 Å². The molecule has 0 fully saturated rings. The topological polar surface area (TPSA) is 275 Å². The fraction of sp³-hybridized carbons (Fsp3) is 0.667. The number of nitrogens with two attached hydrogens (primary N) is 5. The van der Waals surface area contributed by atoms with Crippen LogP contribution in [0.25, 0.3) is 0 Å². The molecule has 0 unspecified atom stereocenters. The average molecular weight is 400 g/mol. The number of hydrogen-bond donors (Lipinski definition) is 10. The minimum absolute atomic E-state index is 0.0129. The molecule has 0 bridgehead atoms. The van der Waals surface area contributed by atoms with Crippen molar-refractivity contribution >= 4 is 36.5 Å². The lowest BCUT2D eigenvalue weighted by molar-refractivity contribution is -0.140. The third-order valence-corrected chi connectivity index (χ3v) is 2.71. The number of aliphatic hydroxyl groups is 1. The summed E-state index contributed by atoms with van der Waals surface area (Å²) in [7, 11) is 0. The molecule has 0 aromatic heterocycles. The molecule has 0 amide bonds. The molecule has 3 atom stereocenters. The Labute approximate surface area is 155 Å². The highest BCUT2D eigenvalue weighted by Crippen LogP contribution is 1.94. The van der Waals surface area contributed by atoms with Gasteiger partial charge in [0.2, 0.25) is 0 Å². The number of rotatable bonds is 9. The molecule has 13 nitrogen and oxygen atoms in total. The third-order valence-electron chi connectivity index (χ3n) is 2.31. The molecule has 0 aromatic carbocycles. The number of carboxylic acids is 3. The van der Waals surface area contributed by atoms with Crippen LogP contribution in [-0.2, 0) is 14.4 Å². The summed E-state index contributed by atoms with van der Waals surface area (Å²) < 4.78 is 0. The Kier molecular flexibility index (Phi) is 19.5. The van der Waals surface area contributed by atoms with E-state index in [-0.39, 0.29) is 11.7 Å². The van der Waals surface area contributed by atoms with Crippen LogP contribution in [0, 0.1) is 0 Å². The van der Waals surface area contributed by atoms with Crippen LogP contribution in [0.15, 0.2) is 4.99 Å². The van der Waals surface area contributed by atoms with E-state index in [4.69, 9.17) is 49.1 Å². The van der Waals surface area contributed by atoms with E-state index in [1.54, 1.807) is 0 Å². The van der Waals surface area contributed by atoms with Crippen LogP contribution in [0.1, 0.15) is 12.8 Å². The molecule has 0 radical (unpaired) electrons. The number of carboxylic acid groups (broad SMARTS) is 3. The van der Waals surface area contributed by atoms with E-state index < -0.39 is 42.6 Å². The molecule has 0 aliphatic heterocycles. The van der Waals surface area contributed by atoms with E-state index in [2.05, 4.69) is 17.6 Å². The lowest BCUT2D eigenvalue weighted by Gasteiger charge is -2.03. The zero-order valence-electron chi connectivity index (χ0n) is 14.1. The van der Waals surface area contributed by atoms with E-state index in [1.807, 2.05) is 0 Å². The summed E-state index contributed by atoms with van der Waals surface area (Å²) in [4.78, 5) is 33.3. The third kappa shape index (κ3) is 21.9. The van der Waals surface area contributed by atoms with Crippen LogP contribution in [0.2, 0.25) is 0 Å².